The minimum atomic E-state index is -4.59. The van der Waals surface area contributed by atoms with Crippen LogP contribution in [0.4, 0.5) is 13.2 Å². The number of imidazole rings is 1. The lowest BCUT2D eigenvalue weighted by Crippen LogP contribution is -2.41. The van der Waals surface area contributed by atoms with Crippen LogP contribution in [0.1, 0.15) is 44.6 Å². The Bertz CT molecular complexity index is 1070. The third-order valence-corrected chi connectivity index (χ3v) is 5.01. The number of alkyl halides is 3. The van der Waals surface area contributed by atoms with E-state index in [2.05, 4.69) is 10.3 Å². The molecular weight excluding hydrogens is 403 g/mol. The van der Waals surface area contributed by atoms with E-state index >= 15 is 0 Å². The molecule has 1 amide bonds. The predicted octanol–water partition coefficient (Wildman–Crippen LogP) is 5.63. The van der Waals surface area contributed by atoms with Crippen LogP contribution in [0.15, 0.2) is 36.4 Å². The normalized spacial score (nSPS) is 12.4. The van der Waals surface area contributed by atoms with Crippen LogP contribution in [0.25, 0.3) is 16.7 Å². The van der Waals surface area contributed by atoms with Crippen molar-refractivity contribution < 1.29 is 18.0 Å². The van der Waals surface area contributed by atoms with Crippen molar-refractivity contribution in [2.24, 2.45) is 0 Å². The number of benzene rings is 2. The molecule has 0 aliphatic carbocycles. The predicted molar refractivity (Wildman–Crippen MR) is 107 cm³/mol. The second-order valence-electron chi connectivity index (χ2n) is 7.42. The molecule has 3 rings (SSSR count). The molecule has 4 nitrogen and oxygen atoms in total. The van der Waals surface area contributed by atoms with Gasteiger partial charge in [0, 0.05) is 12.6 Å². The summed E-state index contributed by atoms with van der Waals surface area (Å²) in [7, 11) is 0. The fourth-order valence-electron chi connectivity index (χ4n) is 3.37. The van der Waals surface area contributed by atoms with Gasteiger partial charge in [-0.25, -0.2) is 4.98 Å². The van der Waals surface area contributed by atoms with E-state index in [-0.39, 0.29) is 11.4 Å². The topological polar surface area (TPSA) is 46.9 Å². The van der Waals surface area contributed by atoms with Crippen LogP contribution in [-0.4, -0.2) is 15.5 Å². The minimum absolute atomic E-state index is 0.148. The number of hydrogen-bond donors (Lipinski definition) is 1. The maximum atomic E-state index is 13.3. The van der Waals surface area contributed by atoms with Gasteiger partial charge in [0.2, 0.25) is 5.91 Å². The molecule has 0 bridgehead atoms. The molecule has 0 radical (unpaired) electrons. The second-order valence-corrected chi connectivity index (χ2v) is 7.82. The lowest BCUT2D eigenvalue weighted by atomic mass is 10.0. The highest BCUT2D eigenvalue weighted by molar-refractivity contribution is 6.32. The first-order valence-corrected chi connectivity index (χ1v) is 9.49. The second kappa shape index (κ2) is 7.37. The van der Waals surface area contributed by atoms with Crippen molar-refractivity contribution in [2.45, 2.75) is 45.8 Å². The molecule has 0 spiro atoms. The van der Waals surface area contributed by atoms with E-state index in [1.165, 1.54) is 13.0 Å². The Labute approximate surface area is 171 Å². The van der Waals surface area contributed by atoms with E-state index in [0.29, 0.717) is 17.0 Å². The zero-order valence-corrected chi connectivity index (χ0v) is 17.2. The molecule has 154 valence electrons. The summed E-state index contributed by atoms with van der Waals surface area (Å²) in [6.45, 7) is 6.91. The molecule has 0 saturated carbocycles. The Morgan fingerprint density at radius 2 is 1.79 bits per heavy atom. The van der Waals surface area contributed by atoms with Crippen molar-refractivity contribution in [3.8, 4) is 5.69 Å². The highest BCUT2D eigenvalue weighted by Crippen LogP contribution is 2.38. The summed E-state index contributed by atoms with van der Waals surface area (Å²) in [5.41, 5.74) is 0.545. The first-order valence-electron chi connectivity index (χ1n) is 9.11. The van der Waals surface area contributed by atoms with Crippen molar-refractivity contribution in [3.05, 3.63) is 58.4 Å². The van der Waals surface area contributed by atoms with Crippen molar-refractivity contribution in [2.75, 3.05) is 0 Å². The summed E-state index contributed by atoms with van der Waals surface area (Å²) < 4.78 is 41.7. The average molecular weight is 424 g/mol. The van der Waals surface area contributed by atoms with E-state index in [1.54, 1.807) is 18.4 Å². The summed E-state index contributed by atoms with van der Waals surface area (Å²) in [6.07, 6.45) is -3.74. The number of aromatic nitrogens is 2. The van der Waals surface area contributed by atoms with Crippen LogP contribution in [-0.2, 0) is 22.9 Å². The molecule has 8 heteroatoms. The molecule has 0 atom stereocenters. The highest BCUT2D eigenvalue weighted by Gasteiger charge is 2.35. The van der Waals surface area contributed by atoms with Gasteiger partial charge >= 0.3 is 6.18 Å². The van der Waals surface area contributed by atoms with Gasteiger partial charge in [0.05, 0.1) is 27.2 Å². The molecular formula is C21H21ClF3N3O. The van der Waals surface area contributed by atoms with E-state index in [0.717, 1.165) is 18.1 Å². The molecule has 3 aromatic rings. The first kappa shape index (κ1) is 21.2. The fraction of sp³-hybridized carbons (Fsp3) is 0.333. The summed E-state index contributed by atoms with van der Waals surface area (Å²) in [5.74, 6) is 0.131. The van der Waals surface area contributed by atoms with Crippen LogP contribution in [0.3, 0.4) is 0 Å². The monoisotopic (exact) mass is 423 g/mol. The fourth-order valence-corrected chi connectivity index (χ4v) is 3.64. The van der Waals surface area contributed by atoms with Gasteiger partial charge in [0.15, 0.2) is 0 Å². The molecule has 0 fully saturated rings. The Balaban J connectivity index is 2.33. The van der Waals surface area contributed by atoms with E-state index < -0.39 is 22.3 Å². The summed E-state index contributed by atoms with van der Waals surface area (Å²) >= 11 is 5.97. The Kier molecular flexibility index (Phi) is 5.38. The van der Waals surface area contributed by atoms with Gasteiger partial charge in [-0.3, -0.25) is 9.36 Å². The number of carbonyl (C=O) groups is 1. The van der Waals surface area contributed by atoms with Gasteiger partial charge in [-0.1, -0.05) is 30.7 Å². The van der Waals surface area contributed by atoms with Gasteiger partial charge in [0.1, 0.15) is 5.82 Å². The zero-order chi connectivity index (χ0) is 21.6. The van der Waals surface area contributed by atoms with Crippen molar-refractivity contribution in [1.29, 1.82) is 0 Å². The first-order chi connectivity index (χ1) is 13.4. The lowest BCUT2D eigenvalue weighted by Gasteiger charge is -2.26. The minimum Gasteiger partial charge on any atom is -0.344 e. The quantitative estimate of drug-likeness (QED) is 0.591. The van der Waals surface area contributed by atoms with Crippen molar-refractivity contribution >= 4 is 28.5 Å². The number of carbonyl (C=O) groups excluding carboxylic acids is 1. The average Bonchev–Trinajstić information content (AvgIpc) is 2.98. The Hall–Kier alpha value is -2.54. The van der Waals surface area contributed by atoms with Gasteiger partial charge in [-0.2, -0.15) is 13.2 Å². The summed E-state index contributed by atoms with van der Waals surface area (Å²) in [6, 6.07) is 9.86. The summed E-state index contributed by atoms with van der Waals surface area (Å²) in [4.78, 5) is 16.2. The number of amides is 1. The van der Waals surface area contributed by atoms with Crippen LogP contribution in [0, 0.1) is 0 Å². The maximum absolute atomic E-state index is 13.3. The Morgan fingerprint density at radius 3 is 2.31 bits per heavy atom. The molecule has 1 N–H and O–H groups in total. The number of nitrogens with one attached hydrogen (secondary N) is 1. The van der Waals surface area contributed by atoms with Crippen molar-refractivity contribution in [1.82, 2.24) is 14.9 Å². The zero-order valence-electron chi connectivity index (χ0n) is 16.5. The van der Waals surface area contributed by atoms with Gasteiger partial charge in [-0.15, -0.1) is 0 Å². The number of fused-ring (bicyclic) bond motifs is 1. The number of aryl methyl sites for hydroxylation is 1. The SMILES string of the molecule is CCc1ccc(-n2c(C(C)(C)NC(C)=O)nc3cc(C(F)(F)F)c(Cl)cc32)cc1. The third kappa shape index (κ3) is 4.10. The van der Waals surface area contributed by atoms with E-state index in [1.807, 2.05) is 31.2 Å². The van der Waals surface area contributed by atoms with Crippen LogP contribution in [0.2, 0.25) is 5.02 Å². The summed E-state index contributed by atoms with van der Waals surface area (Å²) in [5, 5.41) is 2.41. The van der Waals surface area contributed by atoms with Crippen molar-refractivity contribution in [3.63, 3.8) is 0 Å². The smallest absolute Gasteiger partial charge is 0.344 e. The number of nitrogens with zero attached hydrogens (tertiary/aromatic N) is 2. The lowest BCUT2D eigenvalue weighted by molar-refractivity contribution is -0.137. The number of hydrogen-bond acceptors (Lipinski definition) is 2. The van der Waals surface area contributed by atoms with Crippen LogP contribution < -0.4 is 5.32 Å². The largest absolute Gasteiger partial charge is 0.417 e. The molecule has 0 aliphatic heterocycles. The highest BCUT2D eigenvalue weighted by atomic mass is 35.5. The van der Waals surface area contributed by atoms with Gasteiger partial charge in [0.25, 0.3) is 0 Å². The van der Waals surface area contributed by atoms with Gasteiger partial charge < -0.3 is 5.32 Å². The molecule has 2 aromatic carbocycles. The molecule has 0 aliphatic rings. The molecule has 0 saturated heterocycles. The molecule has 1 aromatic heterocycles. The van der Waals surface area contributed by atoms with Gasteiger partial charge in [-0.05, 0) is 50.1 Å². The van der Waals surface area contributed by atoms with Crippen LogP contribution >= 0.6 is 11.6 Å². The van der Waals surface area contributed by atoms with E-state index in [4.69, 9.17) is 11.6 Å². The standard InChI is InChI=1S/C21H21ClF3N3O/c1-5-13-6-8-14(9-7-13)28-18-11-16(22)15(21(23,24)25)10-17(18)26-19(28)20(3,4)27-12(2)29/h6-11H,5H2,1-4H3,(H,27,29). The Morgan fingerprint density at radius 1 is 1.17 bits per heavy atom. The van der Waals surface area contributed by atoms with E-state index in [9.17, 15) is 18.0 Å². The third-order valence-electron chi connectivity index (χ3n) is 4.70. The molecule has 0 unspecified atom stereocenters. The number of halogens is 4. The number of rotatable bonds is 4. The molecule has 29 heavy (non-hydrogen) atoms. The maximum Gasteiger partial charge on any atom is 0.417 e. The molecule has 1 heterocycles. The van der Waals surface area contributed by atoms with Crippen LogP contribution in [0.5, 0.6) is 0 Å².